The lowest BCUT2D eigenvalue weighted by atomic mass is 10.1. The van der Waals surface area contributed by atoms with E-state index in [1.165, 1.54) is 4.68 Å². The predicted octanol–water partition coefficient (Wildman–Crippen LogP) is 1.71. The molecule has 1 aromatic carbocycles. The van der Waals surface area contributed by atoms with Gasteiger partial charge in [-0.2, -0.15) is 0 Å². The van der Waals surface area contributed by atoms with Gasteiger partial charge in [0.2, 0.25) is 5.91 Å². The van der Waals surface area contributed by atoms with Crippen molar-refractivity contribution in [3.8, 4) is 0 Å². The third-order valence-corrected chi connectivity index (χ3v) is 2.95. The van der Waals surface area contributed by atoms with Crippen molar-refractivity contribution in [1.82, 2.24) is 15.0 Å². The Morgan fingerprint density at radius 1 is 1.35 bits per heavy atom. The fourth-order valence-corrected chi connectivity index (χ4v) is 1.63. The van der Waals surface area contributed by atoms with Crippen LogP contribution in [0.15, 0.2) is 36.5 Å². The van der Waals surface area contributed by atoms with Gasteiger partial charge in [0.1, 0.15) is 17.3 Å². The summed E-state index contributed by atoms with van der Waals surface area (Å²) in [5.74, 6) is -0.191. The molecule has 0 bridgehead atoms. The number of nitrogens with one attached hydrogen (secondary N) is 1. The number of aromatic nitrogens is 3. The summed E-state index contributed by atoms with van der Waals surface area (Å²) in [6.07, 6.45) is 1.58. The van der Waals surface area contributed by atoms with E-state index < -0.39 is 11.6 Å². The molecule has 6 heteroatoms. The zero-order valence-corrected chi connectivity index (χ0v) is 11.7. The van der Waals surface area contributed by atoms with E-state index in [1.807, 2.05) is 30.3 Å². The highest BCUT2D eigenvalue weighted by Crippen LogP contribution is 2.18. The highest BCUT2D eigenvalue weighted by molar-refractivity contribution is 5.93. The van der Waals surface area contributed by atoms with Crippen LogP contribution in [0.5, 0.6) is 0 Å². The van der Waals surface area contributed by atoms with E-state index >= 15 is 0 Å². The zero-order valence-electron chi connectivity index (χ0n) is 11.7. The number of carbonyl (C=O) groups is 1. The van der Waals surface area contributed by atoms with Gasteiger partial charge in [0.15, 0.2) is 0 Å². The lowest BCUT2D eigenvalue weighted by Gasteiger charge is -2.13. The van der Waals surface area contributed by atoms with Crippen LogP contribution in [0, 0.1) is 0 Å². The first-order valence-corrected chi connectivity index (χ1v) is 6.38. The Kier molecular flexibility index (Phi) is 3.85. The van der Waals surface area contributed by atoms with Crippen LogP contribution in [-0.4, -0.2) is 26.0 Å². The second-order valence-electron chi connectivity index (χ2n) is 5.17. The van der Waals surface area contributed by atoms with Gasteiger partial charge in [-0.05, 0) is 32.9 Å². The van der Waals surface area contributed by atoms with E-state index in [0.29, 0.717) is 5.69 Å². The summed E-state index contributed by atoms with van der Waals surface area (Å²) in [5, 5.41) is 20.4. The first-order chi connectivity index (χ1) is 9.38. The minimum atomic E-state index is -1.08. The number of hydrogen-bond acceptors (Lipinski definition) is 4. The molecule has 0 aliphatic carbocycles. The molecule has 1 aromatic heterocycles. The third kappa shape index (κ3) is 3.21. The molecule has 1 amide bonds. The number of anilines is 1. The molecule has 106 valence electrons. The van der Waals surface area contributed by atoms with E-state index in [1.54, 1.807) is 27.0 Å². The highest BCUT2D eigenvalue weighted by atomic mass is 16.3. The number of benzene rings is 1. The molecule has 20 heavy (non-hydrogen) atoms. The molecule has 1 unspecified atom stereocenters. The van der Waals surface area contributed by atoms with Crippen molar-refractivity contribution in [2.75, 3.05) is 5.32 Å². The van der Waals surface area contributed by atoms with Gasteiger partial charge in [0.05, 0.1) is 6.20 Å². The molecule has 0 radical (unpaired) electrons. The largest absolute Gasteiger partial charge is 0.384 e. The zero-order chi connectivity index (χ0) is 14.8. The van der Waals surface area contributed by atoms with Crippen LogP contribution in [0.2, 0.25) is 0 Å². The quantitative estimate of drug-likeness (QED) is 0.889. The minimum Gasteiger partial charge on any atom is -0.384 e. The molecule has 1 atom stereocenters. The van der Waals surface area contributed by atoms with Gasteiger partial charge in [0, 0.05) is 5.69 Å². The average molecular weight is 274 g/mol. The monoisotopic (exact) mass is 274 g/mol. The number of aliphatic hydroxyl groups is 1. The molecule has 0 saturated heterocycles. The molecule has 0 saturated carbocycles. The summed E-state index contributed by atoms with van der Waals surface area (Å²) in [7, 11) is 0. The van der Waals surface area contributed by atoms with E-state index in [2.05, 4.69) is 15.6 Å². The smallest absolute Gasteiger partial charge is 0.249 e. The van der Waals surface area contributed by atoms with Crippen molar-refractivity contribution < 1.29 is 9.90 Å². The first-order valence-electron chi connectivity index (χ1n) is 6.38. The van der Waals surface area contributed by atoms with Gasteiger partial charge in [-0.1, -0.05) is 23.4 Å². The lowest BCUT2D eigenvalue weighted by Crippen LogP contribution is -2.24. The van der Waals surface area contributed by atoms with Crippen molar-refractivity contribution in [2.24, 2.45) is 0 Å². The van der Waals surface area contributed by atoms with E-state index in [-0.39, 0.29) is 5.91 Å². The summed E-state index contributed by atoms with van der Waals surface area (Å²) in [6.45, 7) is 4.97. The summed E-state index contributed by atoms with van der Waals surface area (Å²) in [5.41, 5.74) is 0.0810. The van der Waals surface area contributed by atoms with Gasteiger partial charge in [0.25, 0.3) is 0 Å². The lowest BCUT2D eigenvalue weighted by molar-refractivity contribution is -0.119. The van der Waals surface area contributed by atoms with Gasteiger partial charge in [-0.25, -0.2) is 4.68 Å². The minimum absolute atomic E-state index is 0.191. The maximum atomic E-state index is 12.1. The fraction of sp³-hybridized carbons (Fsp3) is 0.357. The van der Waals surface area contributed by atoms with Crippen molar-refractivity contribution in [3.63, 3.8) is 0 Å². The molecular formula is C14H18N4O2. The van der Waals surface area contributed by atoms with Gasteiger partial charge >= 0.3 is 0 Å². The Balaban J connectivity index is 2.09. The predicted molar refractivity (Wildman–Crippen MR) is 75.0 cm³/mol. The SMILES string of the molecule is CC(C(=O)Nc1ccccc1)n1cc(C(C)(C)O)nn1. The first kappa shape index (κ1) is 14.2. The van der Waals surface area contributed by atoms with Crippen LogP contribution in [0.25, 0.3) is 0 Å². The molecule has 2 rings (SSSR count). The average Bonchev–Trinajstić information content (AvgIpc) is 2.88. The van der Waals surface area contributed by atoms with Gasteiger partial charge in [-0.3, -0.25) is 4.79 Å². The van der Waals surface area contributed by atoms with Crippen molar-refractivity contribution in [3.05, 3.63) is 42.2 Å². The van der Waals surface area contributed by atoms with Gasteiger partial charge < -0.3 is 10.4 Å². The van der Waals surface area contributed by atoms with E-state index in [0.717, 1.165) is 5.69 Å². The Bertz CT molecular complexity index is 587. The summed E-state index contributed by atoms with van der Waals surface area (Å²) in [4.78, 5) is 12.1. The van der Waals surface area contributed by atoms with Crippen LogP contribution >= 0.6 is 0 Å². The standard InChI is InChI=1S/C14H18N4O2/c1-10(13(19)15-11-7-5-4-6-8-11)18-9-12(16-17-18)14(2,3)20/h4-10,20H,1-3H3,(H,15,19). The Morgan fingerprint density at radius 2 is 2.00 bits per heavy atom. The van der Waals surface area contributed by atoms with Crippen LogP contribution in [0.4, 0.5) is 5.69 Å². The molecule has 0 aliphatic rings. The maximum Gasteiger partial charge on any atom is 0.249 e. The molecule has 2 N–H and O–H groups in total. The molecule has 6 nitrogen and oxygen atoms in total. The molecular weight excluding hydrogens is 256 g/mol. The number of carbonyl (C=O) groups excluding carboxylic acids is 1. The molecule has 0 aliphatic heterocycles. The molecule has 1 heterocycles. The van der Waals surface area contributed by atoms with Crippen molar-refractivity contribution in [1.29, 1.82) is 0 Å². The number of rotatable bonds is 4. The van der Waals surface area contributed by atoms with Crippen molar-refractivity contribution >= 4 is 11.6 Å². The maximum absolute atomic E-state index is 12.1. The topological polar surface area (TPSA) is 80.0 Å². The van der Waals surface area contributed by atoms with Crippen molar-refractivity contribution in [2.45, 2.75) is 32.4 Å². The van der Waals surface area contributed by atoms with Gasteiger partial charge in [-0.15, -0.1) is 5.10 Å². The molecule has 0 fully saturated rings. The number of para-hydroxylation sites is 1. The molecule has 0 spiro atoms. The Hall–Kier alpha value is -2.21. The Labute approximate surface area is 117 Å². The fourth-order valence-electron chi connectivity index (χ4n) is 1.63. The second kappa shape index (κ2) is 5.42. The normalized spacial score (nSPS) is 13.0. The highest BCUT2D eigenvalue weighted by Gasteiger charge is 2.23. The van der Waals surface area contributed by atoms with Crippen LogP contribution < -0.4 is 5.32 Å². The summed E-state index contributed by atoms with van der Waals surface area (Å²) in [6, 6.07) is 8.69. The van der Waals surface area contributed by atoms with E-state index in [4.69, 9.17) is 0 Å². The van der Waals surface area contributed by atoms with Crippen LogP contribution in [0.3, 0.4) is 0 Å². The summed E-state index contributed by atoms with van der Waals surface area (Å²) < 4.78 is 1.44. The third-order valence-electron chi connectivity index (χ3n) is 2.95. The van der Waals surface area contributed by atoms with E-state index in [9.17, 15) is 9.90 Å². The Morgan fingerprint density at radius 3 is 2.55 bits per heavy atom. The second-order valence-corrected chi connectivity index (χ2v) is 5.17. The number of nitrogens with zero attached hydrogens (tertiary/aromatic N) is 3. The summed E-state index contributed by atoms with van der Waals surface area (Å²) >= 11 is 0. The number of amides is 1. The molecule has 2 aromatic rings. The number of hydrogen-bond donors (Lipinski definition) is 2. The van der Waals surface area contributed by atoms with Crippen LogP contribution in [0.1, 0.15) is 32.5 Å². The van der Waals surface area contributed by atoms with Crippen LogP contribution in [-0.2, 0) is 10.4 Å².